The van der Waals surface area contributed by atoms with E-state index in [2.05, 4.69) is 22.0 Å². The molecular weight excluding hydrogens is 258 g/mol. The molecule has 3 rings (SSSR count). The summed E-state index contributed by atoms with van der Waals surface area (Å²) in [7, 11) is 0. The molecule has 1 N–H and O–H groups in total. The van der Waals surface area contributed by atoms with Crippen LogP contribution in [-0.2, 0) is 0 Å². The van der Waals surface area contributed by atoms with Crippen molar-refractivity contribution in [1.82, 2.24) is 15.1 Å². The third-order valence-electron chi connectivity index (χ3n) is 6.10. The number of piperazine rings is 1. The standard InChI is InChI=1S/C18H35N3/c1-2-19-17-10-4-3-5-11-18(17)21-14-12-20(13-15-21)16-8-6-7-9-16/h16-19H,2-15H2,1H3. The summed E-state index contributed by atoms with van der Waals surface area (Å²) in [6, 6.07) is 2.47. The largest absolute Gasteiger partial charge is 0.313 e. The Labute approximate surface area is 131 Å². The van der Waals surface area contributed by atoms with Crippen LogP contribution in [0.2, 0.25) is 0 Å². The van der Waals surface area contributed by atoms with E-state index in [0.717, 1.165) is 24.7 Å². The van der Waals surface area contributed by atoms with Gasteiger partial charge in [-0.15, -0.1) is 0 Å². The van der Waals surface area contributed by atoms with Crippen LogP contribution in [0.5, 0.6) is 0 Å². The van der Waals surface area contributed by atoms with E-state index in [0.29, 0.717) is 0 Å². The van der Waals surface area contributed by atoms with Crippen molar-refractivity contribution in [3.05, 3.63) is 0 Å². The van der Waals surface area contributed by atoms with E-state index in [-0.39, 0.29) is 0 Å². The van der Waals surface area contributed by atoms with Crippen molar-refractivity contribution in [2.24, 2.45) is 0 Å². The molecule has 0 aromatic rings. The van der Waals surface area contributed by atoms with Crippen LogP contribution >= 0.6 is 0 Å². The molecule has 0 aromatic heterocycles. The summed E-state index contributed by atoms with van der Waals surface area (Å²) in [5.41, 5.74) is 0. The summed E-state index contributed by atoms with van der Waals surface area (Å²) in [5, 5.41) is 3.78. The Hall–Kier alpha value is -0.120. The number of hydrogen-bond donors (Lipinski definition) is 1. The molecule has 1 saturated heterocycles. The lowest BCUT2D eigenvalue weighted by Gasteiger charge is -2.43. The smallest absolute Gasteiger partial charge is 0.0250 e. The van der Waals surface area contributed by atoms with Gasteiger partial charge < -0.3 is 5.32 Å². The molecule has 2 aliphatic carbocycles. The lowest BCUT2D eigenvalue weighted by molar-refractivity contribution is 0.0547. The van der Waals surface area contributed by atoms with Crippen LogP contribution in [-0.4, -0.2) is 60.6 Å². The molecule has 3 aliphatic rings. The first-order valence-corrected chi connectivity index (χ1v) is 9.60. The van der Waals surface area contributed by atoms with E-state index in [1.807, 2.05) is 0 Å². The summed E-state index contributed by atoms with van der Waals surface area (Å²) in [5.74, 6) is 0. The molecule has 0 amide bonds. The Morgan fingerprint density at radius 3 is 2.10 bits per heavy atom. The summed E-state index contributed by atoms with van der Waals surface area (Å²) < 4.78 is 0. The van der Waals surface area contributed by atoms with Gasteiger partial charge in [0.05, 0.1) is 0 Å². The molecule has 21 heavy (non-hydrogen) atoms. The van der Waals surface area contributed by atoms with E-state index in [1.165, 1.54) is 84.0 Å². The van der Waals surface area contributed by atoms with E-state index < -0.39 is 0 Å². The molecule has 0 radical (unpaired) electrons. The fourth-order valence-corrected chi connectivity index (χ4v) is 4.93. The van der Waals surface area contributed by atoms with Gasteiger partial charge >= 0.3 is 0 Å². The minimum atomic E-state index is 0.746. The third kappa shape index (κ3) is 4.00. The highest BCUT2D eigenvalue weighted by atomic mass is 15.3. The van der Waals surface area contributed by atoms with E-state index in [4.69, 9.17) is 0 Å². The first-order valence-electron chi connectivity index (χ1n) is 9.60. The second-order valence-corrected chi connectivity index (χ2v) is 7.38. The molecule has 0 aromatic carbocycles. The molecule has 2 unspecified atom stereocenters. The van der Waals surface area contributed by atoms with Gasteiger partial charge in [0.2, 0.25) is 0 Å². The quantitative estimate of drug-likeness (QED) is 0.804. The molecule has 0 bridgehead atoms. The highest BCUT2D eigenvalue weighted by molar-refractivity contribution is 4.90. The Morgan fingerprint density at radius 2 is 1.38 bits per heavy atom. The van der Waals surface area contributed by atoms with Crippen LogP contribution in [0.15, 0.2) is 0 Å². The van der Waals surface area contributed by atoms with Gasteiger partial charge in [0.15, 0.2) is 0 Å². The van der Waals surface area contributed by atoms with Gasteiger partial charge in [-0.1, -0.05) is 39.0 Å². The molecule has 1 aliphatic heterocycles. The first kappa shape index (κ1) is 15.8. The van der Waals surface area contributed by atoms with E-state index >= 15 is 0 Å². The highest BCUT2D eigenvalue weighted by Crippen LogP contribution is 2.27. The van der Waals surface area contributed by atoms with Crippen LogP contribution in [0.3, 0.4) is 0 Å². The maximum atomic E-state index is 3.78. The second kappa shape index (κ2) is 7.94. The average Bonchev–Trinajstić information content (AvgIpc) is 2.96. The average molecular weight is 293 g/mol. The fourth-order valence-electron chi connectivity index (χ4n) is 4.93. The van der Waals surface area contributed by atoms with Crippen molar-refractivity contribution in [2.75, 3.05) is 32.7 Å². The predicted molar refractivity (Wildman–Crippen MR) is 89.7 cm³/mol. The minimum absolute atomic E-state index is 0.746. The molecule has 3 nitrogen and oxygen atoms in total. The van der Waals surface area contributed by atoms with Gasteiger partial charge in [0.1, 0.15) is 0 Å². The SMILES string of the molecule is CCNC1CCCCCC1N1CCN(C2CCCC2)CC1. The molecular formula is C18H35N3. The number of rotatable bonds is 4. The highest BCUT2D eigenvalue weighted by Gasteiger charge is 2.32. The molecule has 1 heterocycles. The summed E-state index contributed by atoms with van der Waals surface area (Å²) in [4.78, 5) is 5.62. The van der Waals surface area contributed by atoms with Gasteiger partial charge in [-0.25, -0.2) is 0 Å². The van der Waals surface area contributed by atoms with Crippen LogP contribution < -0.4 is 5.32 Å². The summed E-state index contributed by atoms with van der Waals surface area (Å²) in [6.45, 7) is 8.65. The zero-order valence-electron chi connectivity index (χ0n) is 14.0. The number of nitrogens with one attached hydrogen (secondary N) is 1. The summed E-state index contributed by atoms with van der Waals surface area (Å²) >= 11 is 0. The van der Waals surface area contributed by atoms with Gasteiger partial charge in [0, 0.05) is 44.3 Å². The first-order chi connectivity index (χ1) is 10.4. The Morgan fingerprint density at radius 1 is 0.762 bits per heavy atom. The van der Waals surface area contributed by atoms with Gasteiger partial charge in [-0.2, -0.15) is 0 Å². The molecule has 122 valence electrons. The fraction of sp³-hybridized carbons (Fsp3) is 1.00. The van der Waals surface area contributed by atoms with Crippen molar-refractivity contribution in [1.29, 1.82) is 0 Å². The molecule has 2 atom stereocenters. The van der Waals surface area contributed by atoms with Gasteiger partial charge in [-0.3, -0.25) is 9.80 Å². The lowest BCUT2D eigenvalue weighted by Crippen LogP contribution is -2.57. The van der Waals surface area contributed by atoms with Crippen molar-refractivity contribution in [3.8, 4) is 0 Å². The van der Waals surface area contributed by atoms with E-state index in [1.54, 1.807) is 0 Å². The third-order valence-corrected chi connectivity index (χ3v) is 6.10. The number of hydrogen-bond acceptors (Lipinski definition) is 3. The summed E-state index contributed by atoms with van der Waals surface area (Å²) in [6.07, 6.45) is 13.0. The van der Waals surface area contributed by atoms with Crippen LogP contribution in [0.25, 0.3) is 0 Å². The van der Waals surface area contributed by atoms with Crippen LogP contribution in [0, 0.1) is 0 Å². The zero-order chi connectivity index (χ0) is 14.5. The van der Waals surface area contributed by atoms with Crippen LogP contribution in [0.4, 0.5) is 0 Å². The van der Waals surface area contributed by atoms with Crippen molar-refractivity contribution < 1.29 is 0 Å². The maximum Gasteiger partial charge on any atom is 0.0250 e. The van der Waals surface area contributed by atoms with Crippen molar-refractivity contribution >= 4 is 0 Å². The zero-order valence-corrected chi connectivity index (χ0v) is 14.0. The van der Waals surface area contributed by atoms with Crippen molar-refractivity contribution in [2.45, 2.75) is 82.8 Å². The molecule has 3 heteroatoms. The minimum Gasteiger partial charge on any atom is -0.313 e. The van der Waals surface area contributed by atoms with Gasteiger partial charge in [-0.05, 0) is 32.2 Å². The Balaban J connectivity index is 1.53. The van der Waals surface area contributed by atoms with Gasteiger partial charge in [0.25, 0.3) is 0 Å². The maximum absolute atomic E-state index is 3.78. The van der Waals surface area contributed by atoms with Crippen LogP contribution in [0.1, 0.15) is 64.7 Å². The molecule has 3 fully saturated rings. The van der Waals surface area contributed by atoms with Crippen molar-refractivity contribution in [3.63, 3.8) is 0 Å². The monoisotopic (exact) mass is 293 g/mol. The Kier molecular flexibility index (Phi) is 5.96. The molecule has 0 spiro atoms. The molecule has 2 saturated carbocycles. The second-order valence-electron chi connectivity index (χ2n) is 7.38. The normalized spacial score (nSPS) is 34.1. The Bertz CT molecular complexity index is 293. The number of nitrogens with zero attached hydrogens (tertiary/aromatic N) is 2. The topological polar surface area (TPSA) is 18.5 Å². The lowest BCUT2D eigenvalue weighted by atomic mass is 10.00. The predicted octanol–water partition coefficient (Wildman–Crippen LogP) is 2.86. The number of likely N-dealkylation sites (N-methyl/N-ethyl adjacent to an activating group) is 1. The van der Waals surface area contributed by atoms with E-state index in [9.17, 15) is 0 Å².